The third-order valence-corrected chi connectivity index (χ3v) is 3.70. The lowest BCUT2D eigenvalue weighted by Crippen LogP contribution is -2.03. The van der Waals surface area contributed by atoms with E-state index in [1.54, 1.807) is 0 Å². The maximum absolute atomic E-state index is 5.94. The largest absolute Gasteiger partial charge is 0.485 e. The van der Waals surface area contributed by atoms with Crippen molar-refractivity contribution in [2.24, 2.45) is 5.73 Å². The Balaban J connectivity index is 1.88. The van der Waals surface area contributed by atoms with E-state index in [0.29, 0.717) is 13.2 Å². The molecular weight excluding hydrogens is 262 g/mol. The van der Waals surface area contributed by atoms with E-state index < -0.39 is 0 Å². The van der Waals surface area contributed by atoms with E-state index in [4.69, 9.17) is 14.9 Å². The van der Waals surface area contributed by atoms with Gasteiger partial charge in [-0.3, -0.25) is 0 Å². The molecule has 1 aromatic heterocycles. The third-order valence-electron chi connectivity index (χ3n) is 3.70. The second-order valence-electron chi connectivity index (χ2n) is 4.95. The number of nitrogens with two attached hydrogens (primary N) is 1. The molecule has 0 spiro atoms. The first-order valence-electron chi connectivity index (χ1n) is 7.23. The molecule has 0 amide bonds. The Hall–Kier alpha value is -2.26. The van der Waals surface area contributed by atoms with Crippen LogP contribution in [0, 0.1) is 0 Å². The Morgan fingerprint density at radius 2 is 1.81 bits per heavy atom. The molecule has 2 N–H and O–H groups in total. The first-order chi connectivity index (χ1) is 10.3. The molecule has 3 nitrogen and oxygen atoms in total. The number of fused-ring (bicyclic) bond motifs is 1. The summed E-state index contributed by atoms with van der Waals surface area (Å²) in [6.07, 6.45) is 0.944. The van der Waals surface area contributed by atoms with Crippen molar-refractivity contribution in [3.05, 3.63) is 65.4 Å². The van der Waals surface area contributed by atoms with Crippen LogP contribution < -0.4 is 10.5 Å². The van der Waals surface area contributed by atoms with Gasteiger partial charge in [-0.25, -0.2) is 0 Å². The molecule has 1 heterocycles. The standard InChI is InChI=1S/C18H19NO2/c1-2-13-7-3-5-9-16(13)20-12-18-15(11-19)14-8-4-6-10-17(14)21-18/h3-10H,2,11-12,19H2,1H3. The molecule has 3 aromatic rings. The van der Waals surface area contributed by atoms with Gasteiger partial charge in [0, 0.05) is 17.5 Å². The zero-order chi connectivity index (χ0) is 14.7. The minimum absolute atomic E-state index is 0.401. The highest BCUT2D eigenvalue weighted by Gasteiger charge is 2.13. The number of furan rings is 1. The van der Waals surface area contributed by atoms with Gasteiger partial charge in [-0.2, -0.15) is 0 Å². The molecule has 0 aliphatic carbocycles. The zero-order valence-corrected chi connectivity index (χ0v) is 12.1. The van der Waals surface area contributed by atoms with Crippen LogP contribution >= 0.6 is 0 Å². The van der Waals surface area contributed by atoms with E-state index >= 15 is 0 Å². The number of para-hydroxylation sites is 2. The highest BCUT2D eigenvalue weighted by Crippen LogP contribution is 2.27. The molecule has 0 aliphatic heterocycles. The lowest BCUT2D eigenvalue weighted by molar-refractivity contribution is 0.270. The molecular formula is C18H19NO2. The SMILES string of the molecule is CCc1ccccc1OCc1oc2ccccc2c1CN. The van der Waals surface area contributed by atoms with Crippen molar-refractivity contribution < 1.29 is 9.15 Å². The molecule has 0 fully saturated rings. The molecule has 21 heavy (non-hydrogen) atoms. The minimum atomic E-state index is 0.401. The Morgan fingerprint density at radius 3 is 2.62 bits per heavy atom. The van der Waals surface area contributed by atoms with Crippen molar-refractivity contribution in [2.45, 2.75) is 26.5 Å². The second-order valence-corrected chi connectivity index (χ2v) is 4.95. The summed E-state index contributed by atoms with van der Waals surface area (Å²) >= 11 is 0. The molecule has 0 saturated carbocycles. The van der Waals surface area contributed by atoms with Crippen molar-refractivity contribution in [3.63, 3.8) is 0 Å². The smallest absolute Gasteiger partial charge is 0.147 e. The van der Waals surface area contributed by atoms with Gasteiger partial charge in [-0.05, 0) is 24.1 Å². The predicted molar refractivity (Wildman–Crippen MR) is 84.3 cm³/mol. The quantitative estimate of drug-likeness (QED) is 0.768. The van der Waals surface area contributed by atoms with Gasteiger partial charge in [0.2, 0.25) is 0 Å². The summed E-state index contributed by atoms with van der Waals surface area (Å²) in [5.74, 6) is 1.72. The monoisotopic (exact) mass is 281 g/mol. The predicted octanol–water partition coefficient (Wildman–Crippen LogP) is 4.03. The van der Waals surface area contributed by atoms with E-state index in [0.717, 1.165) is 34.5 Å². The van der Waals surface area contributed by atoms with Gasteiger partial charge in [-0.1, -0.05) is 43.3 Å². The molecule has 0 unspecified atom stereocenters. The van der Waals surface area contributed by atoms with Gasteiger partial charge in [0.25, 0.3) is 0 Å². The molecule has 0 radical (unpaired) electrons. The van der Waals surface area contributed by atoms with Crippen LogP contribution in [-0.4, -0.2) is 0 Å². The maximum atomic E-state index is 5.94. The van der Waals surface area contributed by atoms with Gasteiger partial charge in [0.1, 0.15) is 23.7 Å². The molecule has 0 aliphatic rings. The molecule has 0 atom stereocenters. The molecule has 3 rings (SSSR count). The van der Waals surface area contributed by atoms with Crippen LogP contribution in [0.1, 0.15) is 23.8 Å². The van der Waals surface area contributed by atoms with Crippen molar-refractivity contribution in [2.75, 3.05) is 0 Å². The molecule has 0 saturated heterocycles. The fourth-order valence-corrected chi connectivity index (χ4v) is 2.57. The van der Waals surface area contributed by atoms with E-state index in [2.05, 4.69) is 13.0 Å². The first kappa shape index (κ1) is 13.7. The Bertz CT molecular complexity index is 746. The normalized spacial score (nSPS) is 11.0. The van der Waals surface area contributed by atoms with Crippen LogP contribution in [-0.2, 0) is 19.6 Å². The van der Waals surface area contributed by atoms with Crippen molar-refractivity contribution in [1.29, 1.82) is 0 Å². The number of benzene rings is 2. The van der Waals surface area contributed by atoms with E-state index in [1.807, 2.05) is 42.5 Å². The molecule has 0 bridgehead atoms. The minimum Gasteiger partial charge on any atom is -0.485 e. The average Bonchev–Trinajstić information content (AvgIpc) is 2.90. The van der Waals surface area contributed by atoms with Crippen molar-refractivity contribution in [3.8, 4) is 5.75 Å². The van der Waals surface area contributed by atoms with Gasteiger partial charge in [-0.15, -0.1) is 0 Å². The van der Waals surface area contributed by atoms with Crippen LogP contribution in [0.2, 0.25) is 0 Å². The Morgan fingerprint density at radius 1 is 1.05 bits per heavy atom. The number of ether oxygens (including phenoxy) is 1. The average molecular weight is 281 g/mol. The number of rotatable bonds is 5. The third kappa shape index (κ3) is 2.65. The fourth-order valence-electron chi connectivity index (χ4n) is 2.57. The first-order valence-corrected chi connectivity index (χ1v) is 7.23. The van der Waals surface area contributed by atoms with Gasteiger partial charge < -0.3 is 14.9 Å². The molecule has 3 heteroatoms. The Labute approximate surface area is 124 Å². The summed E-state index contributed by atoms with van der Waals surface area (Å²) in [5, 5.41) is 1.07. The van der Waals surface area contributed by atoms with Crippen molar-refractivity contribution >= 4 is 11.0 Å². The maximum Gasteiger partial charge on any atom is 0.147 e. The van der Waals surface area contributed by atoms with Crippen LogP contribution in [0.4, 0.5) is 0 Å². The summed E-state index contributed by atoms with van der Waals surface area (Å²) in [6, 6.07) is 16.0. The summed E-state index contributed by atoms with van der Waals surface area (Å²) < 4.78 is 11.8. The number of hydrogen-bond acceptors (Lipinski definition) is 3. The van der Waals surface area contributed by atoms with Crippen LogP contribution in [0.3, 0.4) is 0 Å². The number of hydrogen-bond donors (Lipinski definition) is 1. The highest BCUT2D eigenvalue weighted by atomic mass is 16.5. The number of aryl methyl sites for hydroxylation is 1. The van der Waals surface area contributed by atoms with E-state index in [9.17, 15) is 0 Å². The lowest BCUT2D eigenvalue weighted by atomic mass is 10.1. The van der Waals surface area contributed by atoms with Crippen LogP contribution in [0.25, 0.3) is 11.0 Å². The molecule has 108 valence electrons. The van der Waals surface area contributed by atoms with Gasteiger partial charge >= 0.3 is 0 Å². The van der Waals surface area contributed by atoms with Gasteiger partial charge in [0.05, 0.1) is 0 Å². The summed E-state index contributed by atoms with van der Waals surface area (Å²) in [7, 11) is 0. The second kappa shape index (κ2) is 6.02. The topological polar surface area (TPSA) is 48.4 Å². The highest BCUT2D eigenvalue weighted by molar-refractivity contribution is 5.82. The Kier molecular flexibility index (Phi) is 3.93. The lowest BCUT2D eigenvalue weighted by Gasteiger charge is -2.09. The summed E-state index contributed by atoms with van der Waals surface area (Å²) in [5.41, 5.74) is 8.96. The van der Waals surface area contributed by atoms with Crippen LogP contribution in [0.15, 0.2) is 52.9 Å². The van der Waals surface area contributed by atoms with Crippen LogP contribution in [0.5, 0.6) is 5.75 Å². The fraction of sp³-hybridized carbons (Fsp3) is 0.222. The van der Waals surface area contributed by atoms with E-state index in [-0.39, 0.29) is 0 Å². The summed E-state index contributed by atoms with van der Waals surface area (Å²) in [6.45, 7) is 2.97. The van der Waals surface area contributed by atoms with Gasteiger partial charge in [0.15, 0.2) is 0 Å². The zero-order valence-electron chi connectivity index (χ0n) is 12.1. The molecule has 2 aromatic carbocycles. The van der Waals surface area contributed by atoms with E-state index in [1.165, 1.54) is 5.56 Å². The van der Waals surface area contributed by atoms with Crippen molar-refractivity contribution in [1.82, 2.24) is 0 Å². The summed E-state index contributed by atoms with van der Waals surface area (Å²) in [4.78, 5) is 0.